The number of hydrogen-bond donors (Lipinski definition) is 1. The molecule has 1 heterocycles. The lowest BCUT2D eigenvalue weighted by molar-refractivity contribution is 0.138. The molecule has 2 aromatic carbocycles. The van der Waals surface area contributed by atoms with Gasteiger partial charge in [-0.3, -0.25) is 0 Å². The molecule has 21 heavy (non-hydrogen) atoms. The van der Waals surface area contributed by atoms with E-state index in [0.717, 1.165) is 18.7 Å². The standard InChI is InChI=1S/C19H23NO/c1-14(16-7-5-4-6-8-16)20-13-15-9-10-18-17(11-15)12-19(2,3)21-18/h4-11,14,20H,12-13H2,1-3H3/t14-/m0/s1. The minimum Gasteiger partial charge on any atom is -0.487 e. The summed E-state index contributed by atoms with van der Waals surface area (Å²) in [7, 11) is 0. The van der Waals surface area contributed by atoms with E-state index in [4.69, 9.17) is 4.74 Å². The van der Waals surface area contributed by atoms with Crippen LogP contribution in [0, 0.1) is 0 Å². The summed E-state index contributed by atoms with van der Waals surface area (Å²) in [5.41, 5.74) is 3.90. The summed E-state index contributed by atoms with van der Waals surface area (Å²) in [6.07, 6.45) is 0.990. The molecule has 0 spiro atoms. The minimum absolute atomic E-state index is 0.0638. The van der Waals surface area contributed by atoms with Gasteiger partial charge in [0, 0.05) is 19.0 Å². The molecule has 0 saturated heterocycles. The average molecular weight is 281 g/mol. The predicted molar refractivity (Wildman–Crippen MR) is 86.5 cm³/mol. The maximum absolute atomic E-state index is 5.92. The Morgan fingerprint density at radius 1 is 1.14 bits per heavy atom. The SMILES string of the molecule is C[C@H](NCc1ccc2c(c1)CC(C)(C)O2)c1ccccc1. The fourth-order valence-electron chi connectivity index (χ4n) is 2.90. The Hall–Kier alpha value is -1.80. The molecule has 2 nitrogen and oxygen atoms in total. The van der Waals surface area contributed by atoms with Gasteiger partial charge in [0.1, 0.15) is 11.4 Å². The van der Waals surface area contributed by atoms with Crippen LogP contribution < -0.4 is 10.1 Å². The molecule has 2 aromatic rings. The summed E-state index contributed by atoms with van der Waals surface area (Å²) in [6.45, 7) is 7.36. The highest BCUT2D eigenvalue weighted by Crippen LogP contribution is 2.35. The van der Waals surface area contributed by atoms with Gasteiger partial charge >= 0.3 is 0 Å². The summed E-state index contributed by atoms with van der Waals surface area (Å²) >= 11 is 0. The first kappa shape index (κ1) is 14.2. The third-order valence-corrected chi connectivity index (χ3v) is 4.04. The monoisotopic (exact) mass is 281 g/mol. The summed E-state index contributed by atoms with van der Waals surface area (Å²) in [6, 6.07) is 17.4. The smallest absolute Gasteiger partial charge is 0.123 e. The Bertz CT molecular complexity index is 619. The summed E-state index contributed by atoms with van der Waals surface area (Å²) in [5.74, 6) is 1.04. The number of benzene rings is 2. The normalized spacial score (nSPS) is 17.1. The van der Waals surface area contributed by atoms with Crippen LogP contribution in [-0.4, -0.2) is 5.60 Å². The van der Waals surface area contributed by atoms with Crippen molar-refractivity contribution in [2.45, 2.75) is 45.4 Å². The zero-order chi connectivity index (χ0) is 14.9. The van der Waals surface area contributed by atoms with Crippen molar-refractivity contribution in [2.24, 2.45) is 0 Å². The Kier molecular flexibility index (Phi) is 3.73. The summed E-state index contributed by atoms with van der Waals surface area (Å²) in [4.78, 5) is 0. The van der Waals surface area contributed by atoms with Crippen LogP contribution in [0.2, 0.25) is 0 Å². The maximum Gasteiger partial charge on any atom is 0.123 e. The molecule has 0 aromatic heterocycles. The van der Waals surface area contributed by atoms with Crippen LogP contribution in [0.4, 0.5) is 0 Å². The highest BCUT2D eigenvalue weighted by Gasteiger charge is 2.29. The lowest BCUT2D eigenvalue weighted by Gasteiger charge is -2.16. The van der Waals surface area contributed by atoms with Crippen molar-refractivity contribution >= 4 is 0 Å². The third kappa shape index (κ3) is 3.27. The van der Waals surface area contributed by atoms with Gasteiger partial charge in [-0.1, -0.05) is 42.5 Å². The van der Waals surface area contributed by atoms with Gasteiger partial charge in [-0.05, 0) is 43.5 Å². The second-order valence-corrected chi connectivity index (χ2v) is 6.49. The molecule has 110 valence electrons. The van der Waals surface area contributed by atoms with E-state index in [1.165, 1.54) is 16.7 Å². The second kappa shape index (κ2) is 5.53. The van der Waals surface area contributed by atoms with Crippen molar-refractivity contribution in [3.05, 3.63) is 65.2 Å². The molecule has 0 fully saturated rings. The van der Waals surface area contributed by atoms with E-state index in [0.29, 0.717) is 6.04 Å². The van der Waals surface area contributed by atoms with Crippen molar-refractivity contribution in [2.75, 3.05) is 0 Å². The summed E-state index contributed by atoms with van der Waals surface area (Å²) in [5, 5.41) is 3.59. The number of nitrogens with one attached hydrogen (secondary N) is 1. The Balaban J connectivity index is 1.65. The van der Waals surface area contributed by atoms with Gasteiger partial charge in [0.15, 0.2) is 0 Å². The van der Waals surface area contributed by atoms with Crippen molar-refractivity contribution in [1.29, 1.82) is 0 Å². The third-order valence-electron chi connectivity index (χ3n) is 4.04. The van der Waals surface area contributed by atoms with Gasteiger partial charge < -0.3 is 10.1 Å². The first-order valence-corrected chi connectivity index (χ1v) is 7.63. The molecular formula is C19H23NO. The lowest BCUT2D eigenvalue weighted by Crippen LogP contribution is -2.24. The molecule has 3 rings (SSSR count). The highest BCUT2D eigenvalue weighted by molar-refractivity contribution is 5.41. The molecule has 0 amide bonds. The van der Waals surface area contributed by atoms with Crippen molar-refractivity contribution in [3.8, 4) is 5.75 Å². The number of fused-ring (bicyclic) bond motifs is 1. The quantitative estimate of drug-likeness (QED) is 0.904. The van der Waals surface area contributed by atoms with Gasteiger partial charge in [0.2, 0.25) is 0 Å². The zero-order valence-electron chi connectivity index (χ0n) is 13.0. The van der Waals surface area contributed by atoms with E-state index in [-0.39, 0.29) is 5.60 Å². The second-order valence-electron chi connectivity index (χ2n) is 6.49. The van der Waals surface area contributed by atoms with E-state index >= 15 is 0 Å². The van der Waals surface area contributed by atoms with Gasteiger partial charge in [-0.15, -0.1) is 0 Å². The molecule has 0 aliphatic carbocycles. The largest absolute Gasteiger partial charge is 0.487 e. The van der Waals surface area contributed by atoms with Gasteiger partial charge in [-0.25, -0.2) is 0 Å². The topological polar surface area (TPSA) is 21.3 Å². The Morgan fingerprint density at radius 3 is 2.67 bits per heavy atom. The first-order chi connectivity index (χ1) is 10.0. The summed E-state index contributed by atoms with van der Waals surface area (Å²) < 4.78 is 5.92. The molecule has 1 aliphatic heterocycles. The molecular weight excluding hydrogens is 258 g/mol. The van der Waals surface area contributed by atoms with E-state index in [2.05, 4.69) is 74.6 Å². The van der Waals surface area contributed by atoms with Crippen LogP contribution in [0.1, 0.15) is 43.5 Å². The van der Waals surface area contributed by atoms with Crippen LogP contribution >= 0.6 is 0 Å². The van der Waals surface area contributed by atoms with Crippen molar-refractivity contribution in [3.63, 3.8) is 0 Å². The van der Waals surface area contributed by atoms with Crippen LogP contribution in [0.15, 0.2) is 48.5 Å². The van der Waals surface area contributed by atoms with Crippen LogP contribution in [0.5, 0.6) is 5.75 Å². The lowest BCUT2D eigenvalue weighted by atomic mass is 10.00. The molecule has 1 atom stereocenters. The first-order valence-electron chi connectivity index (χ1n) is 7.63. The average Bonchev–Trinajstić information content (AvgIpc) is 2.78. The van der Waals surface area contributed by atoms with E-state index in [1.807, 2.05) is 0 Å². The van der Waals surface area contributed by atoms with Gasteiger partial charge in [-0.2, -0.15) is 0 Å². The Labute approximate surface area is 127 Å². The molecule has 0 radical (unpaired) electrons. The van der Waals surface area contributed by atoms with Crippen LogP contribution in [-0.2, 0) is 13.0 Å². The molecule has 1 N–H and O–H groups in total. The molecule has 1 aliphatic rings. The predicted octanol–water partition coefficient (Wildman–Crippen LogP) is 4.25. The molecule has 0 saturated carbocycles. The molecule has 0 unspecified atom stereocenters. The number of hydrogen-bond acceptors (Lipinski definition) is 2. The van der Waals surface area contributed by atoms with E-state index < -0.39 is 0 Å². The van der Waals surface area contributed by atoms with E-state index in [9.17, 15) is 0 Å². The zero-order valence-corrected chi connectivity index (χ0v) is 13.0. The van der Waals surface area contributed by atoms with Crippen molar-refractivity contribution < 1.29 is 4.74 Å². The number of rotatable bonds is 4. The number of ether oxygens (including phenoxy) is 1. The van der Waals surface area contributed by atoms with E-state index in [1.54, 1.807) is 0 Å². The Morgan fingerprint density at radius 2 is 1.90 bits per heavy atom. The van der Waals surface area contributed by atoms with Gasteiger partial charge in [0.05, 0.1) is 0 Å². The minimum atomic E-state index is -0.0638. The fraction of sp³-hybridized carbons (Fsp3) is 0.368. The van der Waals surface area contributed by atoms with Crippen LogP contribution in [0.25, 0.3) is 0 Å². The highest BCUT2D eigenvalue weighted by atomic mass is 16.5. The van der Waals surface area contributed by atoms with Crippen LogP contribution in [0.3, 0.4) is 0 Å². The maximum atomic E-state index is 5.92. The van der Waals surface area contributed by atoms with Gasteiger partial charge in [0.25, 0.3) is 0 Å². The molecule has 0 bridgehead atoms. The fourth-order valence-corrected chi connectivity index (χ4v) is 2.90. The van der Waals surface area contributed by atoms with Crippen molar-refractivity contribution in [1.82, 2.24) is 5.32 Å². The molecule has 2 heteroatoms.